The van der Waals surface area contributed by atoms with E-state index < -0.39 is 0 Å². The standard InChI is InChI=1S/C19H32/c1-13-10-11-19(2)15(12-13)7-8-17-16-5-3-4-14(16)6-9-18(17)19/h13-18H,3-12H2,1-2H3/t13?,14?,15-,16?,17?,18?,19+/m0/s1. The molecule has 4 saturated carbocycles. The van der Waals surface area contributed by atoms with Crippen molar-refractivity contribution in [2.24, 2.45) is 40.9 Å². The van der Waals surface area contributed by atoms with Gasteiger partial charge in [-0.05, 0) is 85.9 Å². The Balaban J connectivity index is 1.60. The fourth-order valence-electron chi connectivity index (χ4n) is 7.09. The summed E-state index contributed by atoms with van der Waals surface area (Å²) >= 11 is 0. The van der Waals surface area contributed by atoms with Crippen molar-refractivity contribution in [1.82, 2.24) is 0 Å². The molecule has 0 nitrogen and oxygen atoms in total. The Kier molecular flexibility index (Phi) is 3.01. The van der Waals surface area contributed by atoms with Crippen molar-refractivity contribution in [2.45, 2.75) is 78.1 Å². The average Bonchev–Trinajstić information content (AvgIpc) is 2.88. The van der Waals surface area contributed by atoms with Crippen molar-refractivity contribution >= 4 is 0 Å². The minimum Gasteiger partial charge on any atom is -0.0625 e. The van der Waals surface area contributed by atoms with E-state index in [-0.39, 0.29) is 0 Å². The molecule has 0 saturated heterocycles. The van der Waals surface area contributed by atoms with E-state index in [0.29, 0.717) is 0 Å². The summed E-state index contributed by atoms with van der Waals surface area (Å²) in [6.07, 6.45) is 15.7. The van der Waals surface area contributed by atoms with Crippen LogP contribution in [0.3, 0.4) is 0 Å². The number of hydrogen-bond acceptors (Lipinski definition) is 0. The van der Waals surface area contributed by atoms with E-state index in [4.69, 9.17) is 0 Å². The smallest absolute Gasteiger partial charge is 0.0266 e. The first-order valence-corrected chi connectivity index (χ1v) is 9.18. The molecule has 0 amide bonds. The fraction of sp³-hybridized carbons (Fsp3) is 1.00. The molecule has 5 unspecified atom stereocenters. The van der Waals surface area contributed by atoms with Gasteiger partial charge in [0.25, 0.3) is 0 Å². The molecule has 7 atom stereocenters. The topological polar surface area (TPSA) is 0 Å². The molecule has 0 heterocycles. The van der Waals surface area contributed by atoms with Gasteiger partial charge < -0.3 is 0 Å². The number of hydrogen-bond donors (Lipinski definition) is 0. The van der Waals surface area contributed by atoms with Crippen LogP contribution in [-0.4, -0.2) is 0 Å². The lowest BCUT2D eigenvalue weighted by atomic mass is 9.46. The highest BCUT2D eigenvalue weighted by Crippen LogP contribution is 2.63. The third kappa shape index (κ3) is 1.84. The molecule has 0 aromatic heterocycles. The lowest BCUT2D eigenvalue weighted by Crippen LogP contribution is -2.50. The molecule has 4 aliphatic rings. The molecule has 4 aliphatic carbocycles. The van der Waals surface area contributed by atoms with E-state index in [1.165, 1.54) is 6.42 Å². The molecule has 0 spiro atoms. The van der Waals surface area contributed by atoms with E-state index in [1.54, 1.807) is 57.8 Å². The van der Waals surface area contributed by atoms with E-state index >= 15 is 0 Å². The Morgan fingerprint density at radius 1 is 0.842 bits per heavy atom. The predicted molar refractivity (Wildman–Crippen MR) is 80.9 cm³/mol. The molecule has 0 N–H and O–H groups in total. The Bertz CT molecular complexity index is 346. The first-order valence-electron chi connectivity index (χ1n) is 9.18. The molecule has 0 aromatic rings. The van der Waals surface area contributed by atoms with Crippen LogP contribution >= 0.6 is 0 Å². The Morgan fingerprint density at radius 3 is 2.63 bits per heavy atom. The highest BCUT2D eigenvalue weighted by Gasteiger charge is 2.54. The van der Waals surface area contributed by atoms with Crippen LogP contribution in [0, 0.1) is 40.9 Å². The highest BCUT2D eigenvalue weighted by atomic mass is 14.6. The first-order chi connectivity index (χ1) is 9.18. The summed E-state index contributed by atoms with van der Waals surface area (Å²) in [5.41, 5.74) is 0.739. The summed E-state index contributed by atoms with van der Waals surface area (Å²) in [4.78, 5) is 0. The molecule has 0 heteroatoms. The normalized spacial score (nSPS) is 57.2. The quantitative estimate of drug-likeness (QED) is 0.527. The van der Waals surface area contributed by atoms with Gasteiger partial charge in [0.2, 0.25) is 0 Å². The molecule has 19 heavy (non-hydrogen) atoms. The van der Waals surface area contributed by atoms with Crippen LogP contribution in [0.2, 0.25) is 0 Å². The highest BCUT2D eigenvalue weighted by molar-refractivity contribution is 5.04. The van der Waals surface area contributed by atoms with Crippen molar-refractivity contribution < 1.29 is 0 Å². The predicted octanol–water partition coefficient (Wildman–Crippen LogP) is 5.67. The zero-order valence-electron chi connectivity index (χ0n) is 13.0. The first kappa shape index (κ1) is 12.7. The Hall–Kier alpha value is 0. The molecule has 4 rings (SSSR count). The van der Waals surface area contributed by atoms with Gasteiger partial charge in [0.15, 0.2) is 0 Å². The van der Waals surface area contributed by atoms with Crippen molar-refractivity contribution in [3.8, 4) is 0 Å². The maximum absolute atomic E-state index is 2.70. The lowest BCUT2D eigenvalue weighted by molar-refractivity contribution is -0.0918. The summed E-state index contributed by atoms with van der Waals surface area (Å²) < 4.78 is 0. The molecular weight excluding hydrogens is 228 g/mol. The summed E-state index contributed by atoms with van der Waals surface area (Å²) in [7, 11) is 0. The van der Waals surface area contributed by atoms with Crippen molar-refractivity contribution in [3.05, 3.63) is 0 Å². The second-order valence-corrected chi connectivity index (χ2v) is 8.86. The third-order valence-electron chi connectivity index (χ3n) is 8.12. The third-order valence-corrected chi connectivity index (χ3v) is 8.12. The van der Waals surface area contributed by atoms with Crippen LogP contribution < -0.4 is 0 Å². The van der Waals surface area contributed by atoms with Crippen LogP contribution in [0.1, 0.15) is 78.1 Å². The molecule has 108 valence electrons. The van der Waals surface area contributed by atoms with E-state index in [2.05, 4.69) is 13.8 Å². The monoisotopic (exact) mass is 260 g/mol. The van der Waals surface area contributed by atoms with Gasteiger partial charge in [-0.15, -0.1) is 0 Å². The summed E-state index contributed by atoms with van der Waals surface area (Å²) in [5, 5.41) is 0. The lowest BCUT2D eigenvalue weighted by Gasteiger charge is -2.59. The zero-order chi connectivity index (χ0) is 13.0. The Labute approximate surface area is 119 Å². The minimum absolute atomic E-state index is 0.739. The second-order valence-electron chi connectivity index (χ2n) is 8.86. The molecule has 4 fully saturated rings. The largest absolute Gasteiger partial charge is 0.0625 e. The second kappa shape index (κ2) is 4.50. The van der Waals surface area contributed by atoms with Gasteiger partial charge in [-0.3, -0.25) is 0 Å². The minimum atomic E-state index is 0.739. The van der Waals surface area contributed by atoms with Gasteiger partial charge in [0.1, 0.15) is 0 Å². The Morgan fingerprint density at radius 2 is 1.74 bits per heavy atom. The van der Waals surface area contributed by atoms with Gasteiger partial charge in [-0.25, -0.2) is 0 Å². The number of fused-ring (bicyclic) bond motifs is 5. The summed E-state index contributed by atoms with van der Waals surface area (Å²) in [5.74, 6) is 6.63. The maximum Gasteiger partial charge on any atom is -0.0266 e. The van der Waals surface area contributed by atoms with Gasteiger partial charge in [-0.1, -0.05) is 33.1 Å². The van der Waals surface area contributed by atoms with Gasteiger partial charge in [0.05, 0.1) is 0 Å². The van der Waals surface area contributed by atoms with Crippen molar-refractivity contribution in [1.29, 1.82) is 0 Å². The zero-order valence-corrected chi connectivity index (χ0v) is 13.0. The molecule has 0 aliphatic heterocycles. The van der Waals surface area contributed by atoms with Crippen LogP contribution in [0.15, 0.2) is 0 Å². The van der Waals surface area contributed by atoms with Gasteiger partial charge >= 0.3 is 0 Å². The number of rotatable bonds is 0. The van der Waals surface area contributed by atoms with Crippen molar-refractivity contribution in [3.63, 3.8) is 0 Å². The molecule has 0 aromatic carbocycles. The van der Waals surface area contributed by atoms with Crippen LogP contribution in [0.4, 0.5) is 0 Å². The molecule has 0 bridgehead atoms. The molecular formula is C19H32. The average molecular weight is 260 g/mol. The van der Waals surface area contributed by atoms with Crippen LogP contribution in [0.25, 0.3) is 0 Å². The SMILES string of the molecule is CC1CC[C@@]2(C)C3CCC4CCCC4C3CC[C@H]2C1. The van der Waals surface area contributed by atoms with Gasteiger partial charge in [-0.2, -0.15) is 0 Å². The van der Waals surface area contributed by atoms with Crippen LogP contribution in [-0.2, 0) is 0 Å². The van der Waals surface area contributed by atoms with E-state index in [9.17, 15) is 0 Å². The van der Waals surface area contributed by atoms with E-state index in [0.717, 1.165) is 40.9 Å². The van der Waals surface area contributed by atoms with Crippen LogP contribution in [0.5, 0.6) is 0 Å². The fourth-order valence-corrected chi connectivity index (χ4v) is 7.09. The maximum atomic E-state index is 2.70. The molecule has 0 radical (unpaired) electrons. The summed E-state index contributed by atoms with van der Waals surface area (Å²) in [6, 6.07) is 0. The van der Waals surface area contributed by atoms with E-state index in [1.807, 2.05) is 0 Å². The summed E-state index contributed by atoms with van der Waals surface area (Å²) in [6.45, 7) is 5.20. The van der Waals surface area contributed by atoms with Gasteiger partial charge in [0, 0.05) is 0 Å². The van der Waals surface area contributed by atoms with Crippen molar-refractivity contribution in [2.75, 3.05) is 0 Å².